The van der Waals surface area contributed by atoms with Crippen molar-refractivity contribution in [2.75, 3.05) is 0 Å². The molecule has 0 bridgehead atoms. The molecule has 0 aliphatic carbocycles. The van der Waals surface area contributed by atoms with Crippen LogP contribution in [0.15, 0.2) is 85.2 Å². The van der Waals surface area contributed by atoms with Gasteiger partial charge in [-0.15, -0.1) is 11.6 Å². The van der Waals surface area contributed by atoms with Crippen molar-refractivity contribution in [1.29, 1.82) is 0 Å². The number of aliphatic hydroxyl groups excluding tert-OH is 1. The molecule has 0 aliphatic heterocycles. The minimum absolute atomic E-state index is 0.0123. The molecule has 0 saturated carbocycles. The van der Waals surface area contributed by atoms with Crippen LogP contribution in [0.4, 0.5) is 0 Å². The van der Waals surface area contributed by atoms with Gasteiger partial charge in [-0.25, -0.2) is 9.97 Å². The van der Waals surface area contributed by atoms with Crippen LogP contribution in [-0.4, -0.2) is 15.1 Å². The van der Waals surface area contributed by atoms with Gasteiger partial charge < -0.3 is 14.6 Å². The molecule has 0 fully saturated rings. The number of pyridine rings is 2. The third-order valence-electron chi connectivity index (χ3n) is 4.49. The van der Waals surface area contributed by atoms with Crippen LogP contribution >= 0.6 is 11.6 Å². The maximum atomic E-state index is 9.01. The van der Waals surface area contributed by atoms with Crippen LogP contribution in [0.2, 0.25) is 0 Å². The van der Waals surface area contributed by atoms with E-state index in [2.05, 4.69) is 9.97 Å². The fourth-order valence-corrected chi connectivity index (χ4v) is 2.95. The molecule has 4 aromatic rings. The number of aromatic nitrogens is 2. The van der Waals surface area contributed by atoms with Crippen LogP contribution in [0.1, 0.15) is 22.3 Å². The monoisotopic (exact) mass is 448 g/mol. The van der Waals surface area contributed by atoms with Crippen molar-refractivity contribution < 1.29 is 14.6 Å². The molecule has 2 heterocycles. The summed E-state index contributed by atoms with van der Waals surface area (Å²) in [5.74, 6) is 3.17. The van der Waals surface area contributed by atoms with Crippen LogP contribution in [0.25, 0.3) is 0 Å². The number of rotatable bonds is 6. The number of hydrogen-bond acceptors (Lipinski definition) is 5. The summed E-state index contributed by atoms with van der Waals surface area (Å²) < 4.78 is 11.3. The van der Waals surface area contributed by atoms with Gasteiger partial charge >= 0.3 is 0 Å². The number of ether oxygens (including phenoxy) is 2. The summed E-state index contributed by atoms with van der Waals surface area (Å²) in [7, 11) is 0. The van der Waals surface area contributed by atoms with Gasteiger partial charge in [0, 0.05) is 29.4 Å². The molecule has 0 atom stereocenters. The van der Waals surface area contributed by atoms with Gasteiger partial charge in [0.2, 0.25) is 11.8 Å². The van der Waals surface area contributed by atoms with E-state index in [4.69, 9.17) is 26.2 Å². The summed E-state index contributed by atoms with van der Waals surface area (Å²) in [6.07, 6.45) is 3.41. The number of benzene rings is 2. The number of aryl methyl sites for hydroxylation is 2. The third kappa shape index (κ3) is 6.80. The molecule has 0 aliphatic rings. The van der Waals surface area contributed by atoms with E-state index in [1.807, 2.05) is 80.6 Å². The van der Waals surface area contributed by atoms with Crippen molar-refractivity contribution in [2.24, 2.45) is 0 Å². The molecule has 5 nitrogen and oxygen atoms in total. The van der Waals surface area contributed by atoms with Crippen LogP contribution in [0.5, 0.6) is 23.3 Å². The second-order valence-electron chi connectivity index (χ2n) is 7.04. The Morgan fingerprint density at radius 2 is 1.22 bits per heavy atom. The maximum absolute atomic E-state index is 9.01. The predicted octanol–water partition coefficient (Wildman–Crippen LogP) is 6.60. The number of aliphatic hydroxyl groups is 1. The standard InChI is InChI=1S/C13H12ClNO.C13H13NO2/c1-10-4-3-7-15-13(10)16-12-6-2-5-11(8-12)9-14;1-10-4-3-7-14-13(10)16-12-6-2-5-11(8-12)9-15/h2-8H,9H2,1H3;2-8,15H,9H2,1H3. The molecule has 0 amide bonds. The fourth-order valence-electron chi connectivity index (χ4n) is 2.78. The lowest BCUT2D eigenvalue weighted by atomic mass is 10.2. The van der Waals surface area contributed by atoms with Crippen LogP contribution in [-0.2, 0) is 12.5 Å². The molecular formula is C26H25ClN2O3. The minimum atomic E-state index is 0.0123. The van der Waals surface area contributed by atoms with E-state index < -0.39 is 0 Å². The van der Waals surface area contributed by atoms with Gasteiger partial charge in [-0.2, -0.15) is 0 Å². The summed E-state index contributed by atoms with van der Waals surface area (Å²) in [5.41, 5.74) is 3.86. The molecule has 6 heteroatoms. The quantitative estimate of drug-likeness (QED) is 0.337. The van der Waals surface area contributed by atoms with E-state index in [1.165, 1.54) is 0 Å². The number of halogens is 1. The number of nitrogens with zero attached hydrogens (tertiary/aromatic N) is 2. The summed E-state index contributed by atoms with van der Waals surface area (Å²) in [6.45, 7) is 3.92. The van der Waals surface area contributed by atoms with Crippen molar-refractivity contribution in [3.05, 3.63) is 107 Å². The number of alkyl halides is 1. The van der Waals surface area contributed by atoms with Crippen molar-refractivity contribution in [3.8, 4) is 23.3 Å². The smallest absolute Gasteiger partial charge is 0.222 e. The van der Waals surface area contributed by atoms with Gasteiger partial charge in [-0.05, 0) is 61.4 Å². The van der Waals surface area contributed by atoms with Gasteiger partial charge in [-0.1, -0.05) is 36.4 Å². The molecule has 0 unspecified atom stereocenters. The lowest BCUT2D eigenvalue weighted by Crippen LogP contribution is -1.91. The Kier molecular flexibility index (Phi) is 8.61. The molecule has 32 heavy (non-hydrogen) atoms. The lowest BCUT2D eigenvalue weighted by Gasteiger charge is -2.07. The highest BCUT2D eigenvalue weighted by molar-refractivity contribution is 6.17. The zero-order valence-corrected chi connectivity index (χ0v) is 18.8. The van der Waals surface area contributed by atoms with Gasteiger partial charge in [0.25, 0.3) is 0 Å². The Hall–Kier alpha value is -3.41. The van der Waals surface area contributed by atoms with Crippen molar-refractivity contribution in [3.63, 3.8) is 0 Å². The minimum Gasteiger partial charge on any atom is -0.439 e. The molecule has 1 N–H and O–H groups in total. The molecular weight excluding hydrogens is 424 g/mol. The topological polar surface area (TPSA) is 64.5 Å². The molecule has 2 aromatic carbocycles. The molecule has 0 saturated heterocycles. The van der Waals surface area contributed by atoms with Crippen LogP contribution in [0, 0.1) is 13.8 Å². The molecule has 0 spiro atoms. The average molecular weight is 449 g/mol. The van der Waals surface area contributed by atoms with Crippen molar-refractivity contribution >= 4 is 11.6 Å². The SMILES string of the molecule is Cc1cccnc1Oc1cccc(CCl)c1.Cc1cccnc1Oc1cccc(CO)c1. The van der Waals surface area contributed by atoms with Crippen LogP contribution in [0.3, 0.4) is 0 Å². The Labute approximate surface area is 193 Å². The van der Waals surface area contributed by atoms with E-state index in [-0.39, 0.29) is 6.61 Å². The Bertz CT molecular complexity index is 1060. The van der Waals surface area contributed by atoms with E-state index >= 15 is 0 Å². The fraction of sp³-hybridized carbons (Fsp3) is 0.154. The molecule has 164 valence electrons. The van der Waals surface area contributed by atoms with Crippen molar-refractivity contribution in [1.82, 2.24) is 9.97 Å². The number of hydrogen-bond donors (Lipinski definition) is 1. The summed E-state index contributed by atoms with van der Waals surface area (Å²) in [4.78, 5) is 8.32. The molecule has 0 radical (unpaired) electrons. The van der Waals surface area contributed by atoms with Gasteiger partial charge in [-0.3, -0.25) is 0 Å². The first-order valence-electron chi connectivity index (χ1n) is 10.1. The van der Waals surface area contributed by atoms with E-state index in [1.54, 1.807) is 18.5 Å². The first-order chi connectivity index (χ1) is 15.6. The highest BCUT2D eigenvalue weighted by Crippen LogP contribution is 2.24. The first kappa shape index (κ1) is 23.3. The second-order valence-corrected chi connectivity index (χ2v) is 7.31. The summed E-state index contributed by atoms with van der Waals surface area (Å²) >= 11 is 5.76. The zero-order valence-electron chi connectivity index (χ0n) is 18.0. The van der Waals surface area contributed by atoms with Gasteiger partial charge in [0.05, 0.1) is 6.61 Å². The molecule has 4 rings (SSSR count). The molecule has 2 aromatic heterocycles. The lowest BCUT2D eigenvalue weighted by molar-refractivity contribution is 0.281. The highest BCUT2D eigenvalue weighted by atomic mass is 35.5. The summed E-state index contributed by atoms with van der Waals surface area (Å²) in [6, 6.07) is 22.7. The Morgan fingerprint density at radius 1 is 0.719 bits per heavy atom. The predicted molar refractivity (Wildman–Crippen MR) is 126 cm³/mol. The van der Waals surface area contributed by atoms with E-state index in [0.29, 0.717) is 23.4 Å². The highest BCUT2D eigenvalue weighted by Gasteiger charge is 2.03. The summed E-state index contributed by atoms with van der Waals surface area (Å²) in [5, 5.41) is 9.01. The Balaban J connectivity index is 0.000000181. The zero-order chi connectivity index (χ0) is 22.8. The second kappa shape index (κ2) is 11.8. The Morgan fingerprint density at radius 3 is 1.69 bits per heavy atom. The van der Waals surface area contributed by atoms with Crippen LogP contribution < -0.4 is 9.47 Å². The van der Waals surface area contributed by atoms with E-state index in [9.17, 15) is 0 Å². The third-order valence-corrected chi connectivity index (χ3v) is 4.79. The van der Waals surface area contributed by atoms with E-state index in [0.717, 1.165) is 28.0 Å². The average Bonchev–Trinajstić information content (AvgIpc) is 2.83. The largest absolute Gasteiger partial charge is 0.439 e. The van der Waals surface area contributed by atoms with Gasteiger partial charge in [0.15, 0.2) is 0 Å². The van der Waals surface area contributed by atoms with Crippen molar-refractivity contribution in [2.45, 2.75) is 26.3 Å². The first-order valence-corrected chi connectivity index (χ1v) is 10.7. The normalized spacial score (nSPS) is 10.1. The van der Waals surface area contributed by atoms with Gasteiger partial charge in [0.1, 0.15) is 11.5 Å². The maximum Gasteiger partial charge on any atom is 0.222 e.